The highest BCUT2D eigenvalue weighted by Crippen LogP contribution is 2.45. The average Bonchev–Trinajstić information content (AvgIpc) is 0.895. The van der Waals surface area contributed by atoms with Crippen LogP contribution < -0.4 is 0 Å². The molecular weight excluding hydrogens is 1650 g/mol. The van der Waals surface area contributed by atoms with E-state index in [1.807, 2.05) is 0 Å². The molecular formula is C111H196O16P2. The fraction of sp³-hybridized carbons (Fsp3) is 0.757. The summed E-state index contributed by atoms with van der Waals surface area (Å²) >= 11 is 0. The maximum Gasteiger partial charge on any atom is 0.472 e. The molecule has 129 heavy (non-hydrogen) atoms. The summed E-state index contributed by atoms with van der Waals surface area (Å²) in [6.45, 7) is 2.69. The molecule has 0 aromatic rings. The van der Waals surface area contributed by atoms with Gasteiger partial charge < -0.3 is 34.2 Å². The minimum Gasteiger partial charge on any atom is -0.463 e. The second kappa shape index (κ2) is 102. The van der Waals surface area contributed by atoms with Crippen LogP contribution in [-0.4, -0.2) is 95.9 Å². The van der Waals surface area contributed by atoms with E-state index in [0.717, 1.165) is 128 Å². The van der Waals surface area contributed by atoms with E-state index in [0.29, 0.717) is 19.3 Å². The van der Waals surface area contributed by atoms with Gasteiger partial charge in [-0.15, -0.1) is 0 Å². The molecule has 0 radical (unpaired) electrons. The molecule has 0 heterocycles. The SMILES string of the molecule is CCCCC/C=C\C/C=C\C/C=C\C/C=C\CCCCCCCCCCCCCCCCCCCCCC(=O)OCC(O)COP(=O)(O)OCC(O)COP(=O)(O)OCC(COC(=O)CCCCCCCCCCCCCCCCCCC/C=C\C/C=C\C/C=C\C/C=C\CCCCC)OC(=O)CCCCCCCCCCC/C=C\C/C=C\C/C=C\C/C=C\CCCCC. The van der Waals surface area contributed by atoms with Crippen LogP contribution in [0.5, 0.6) is 0 Å². The molecule has 0 spiro atoms. The van der Waals surface area contributed by atoms with Gasteiger partial charge >= 0.3 is 33.6 Å². The molecule has 0 aromatic heterocycles. The number of hydrogen-bond donors (Lipinski definition) is 4. The van der Waals surface area contributed by atoms with Gasteiger partial charge in [0.25, 0.3) is 0 Å². The Morgan fingerprint density at radius 1 is 0.217 bits per heavy atom. The van der Waals surface area contributed by atoms with Gasteiger partial charge in [-0.05, 0) is 154 Å². The van der Waals surface area contributed by atoms with E-state index < -0.39 is 91.5 Å². The van der Waals surface area contributed by atoms with Crippen LogP contribution >= 0.6 is 15.6 Å². The van der Waals surface area contributed by atoms with Crippen molar-refractivity contribution >= 4 is 33.6 Å². The van der Waals surface area contributed by atoms with Crippen molar-refractivity contribution in [2.45, 2.75) is 501 Å². The van der Waals surface area contributed by atoms with Crippen LogP contribution in [0.15, 0.2) is 146 Å². The summed E-state index contributed by atoms with van der Waals surface area (Å²) in [5, 5.41) is 20.8. The van der Waals surface area contributed by atoms with Crippen molar-refractivity contribution in [3.05, 3.63) is 146 Å². The summed E-state index contributed by atoms with van der Waals surface area (Å²) in [4.78, 5) is 59.2. The normalized spacial score (nSPS) is 14.2. The smallest absolute Gasteiger partial charge is 0.463 e. The van der Waals surface area contributed by atoms with Crippen LogP contribution in [0.25, 0.3) is 0 Å². The fourth-order valence-corrected chi connectivity index (χ4v) is 16.5. The molecule has 0 aliphatic heterocycles. The predicted molar refractivity (Wildman–Crippen MR) is 546 cm³/mol. The summed E-state index contributed by atoms with van der Waals surface area (Å²) < 4.78 is 61.7. The second-order valence-corrected chi connectivity index (χ2v) is 38.6. The first-order chi connectivity index (χ1) is 63.2. The van der Waals surface area contributed by atoms with Crippen molar-refractivity contribution in [2.24, 2.45) is 0 Å². The zero-order chi connectivity index (χ0) is 93.5. The maximum absolute atomic E-state index is 13.1. The molecule has 18 heteroatoms. The van der Waals surface area contributed by atoms with Gasteiger partial charge in [0, 0.05) is 19.3 Å². The summed E-state index contributed by atoms with van der Waals surface area (Å²) in [6.07, 6.45) is 132. The van der Waals surface area contributed by atoms with Gasteiger partial charge in [0.1, 0.15) is 25.4 Å². The minimum absolute atomic E-state index is 0.0970. The lowest BCUT2D eigenvalue weighted by atomic mass is 10.0. The lowest BCUT2D eigenvalue weighted by molar-refractivity contribution is -0.161. The molecule has 0 bridgehead atoms. The topological polar surface area (TPSA) is 231 Å². The van der Waals surface area contributed by atoms with Crippen LogP contribution in [0, 0.1) is 0 Å². The minimum atomic E-state index is -4.95. The van der Waals surface area contributed by atoms with Gasteiger partial charge in [0.2, 0.25) is 0 Å². The molecule has 0 amide bonds. The standard InChI is InChI=1S/C111H196O16P2/c1-4-7-10-13-16-19-22-25-28-31-34-37-40-43-45-47-49-51-52-54-56-57-59-62-64-67-70-73-76-79-82-85-88-91-94-97-109(114)121-100-106(112)101-123-128(117,118)124-102-107(113)103-125-129(119,120)126-105-108(127-111(116)99-96-93-90-87-84-81-78-75-72-69-66-61-42-39-36-33-30-27-24-21-18-15-12-9-6-3)104-122-110(115)98-95-92-89-86-83-80-77-74-71-68-65-63-60-58-55-53-50-48-46-44-41-38-35-32-29-26-23-20-17-14-11-8-5-2/h16-21,25-30,34-39,43-46,61,66,106-108,112-113H,4-15,22-24,31-33,40-42,47-60,62-65,67-105H2,1-3H3,(H,117,118)(H,119,120)/b19-16-,20-17-,21-18-,28-25-,29-26-,30-27-,37-34-,38-35-,39-36-,45-43-,46-44-,66-61-. The van der Waals surface area contributed by atoms with E-state index in [-0.39, 0.29) is 19.3 Å². The van der Waals surface area contributed by atoms with Crippen LogP contribution in [0.1, 0.15) is 483 Å². The van der Waals surface area contributed by atoms with E-state index in [1.54, 1.807) is 0 Å². The second-order valence-electron chi connectivity index (χ2n) is 35.7. The maximum atomic E-state index is 13.1. The summed E-state index contributed by atoms with van der Waals surface area (Å²) in [7, 11) is -9.82. The quantitative estimate of drug-likeness (QED) is 0.0146. The van der Waals surface area contributed by atoms with Crippen molar-refractivity contribution in [3.63, 3.8) is 0 Å². The number of phosphoric acid groups is 2. The first-order valence-electron chi connectivity index (χ1n) is 53.1. The molecule has 0 saturated heterocycles. The molecule has 16 nitrogen and oxygen atoms in total. The summed E-state index contributed by atoms with van der Waals surface area (Å²) in [5.41, 5.74) is 0. The molecule has 0 aromatic carbocycles. The average molecular weight is 1850 g/mol. The van der Waals surface area contributed by atoms with Crippen molar-refractivity contribution in [2.75, 3.05) is 39.6 Å². The Labute approximate surface area is 791 Å². The zero-order valence-corrected chi connectivity index (χ0v) is 84.6. The van der Waals surface area contributed by atoms with Gasteiger partial charge in [-0.1, -0.05) is 456 Å². The van der Waals surface area contributed by atoms with Crippen molar-refractivity contribution in [1.82, 2.24) is 0 Å². The summed E-state index contributed by atoms with van der Waals surface area (Å²) in [5.74, 6) is -1.56. The lowest BCUT2D eigenvalue weighted by Gasteiger charge is -2.21. The number of carbonyl (C=O) groups is 3. The third kappa shape index (κ3) is 104. The number of aliphatic hydroxyl groups is 2. The van der Waals surface area contributed by atoms with Crippen LogP contribution in [0.3, 0.4) is 0 Å². The number of rotatable bonds is 101. The largest absolute Gasteiger partial charge is 0.472 e. The van der Waals surface area contributed by atoms with E-state index in [1.165, 1.54) is 295 Å². The molecule has 5 unspecified atom stereocenters. The fourth-order valence-electron chi connectivity index (χ4n) is 14.9. The molecule has 0 fully saturated rings. The third-order valence-corrected chi connectivity index (χ3v) is 24.9. The number of unbranched alkanes of at least 4 members (excludes halogenated alkanes) is 54. The molecule has 0 saturated carbocycles. The van der Waals surface area contributed by atoms with Crippen molar-refractivity contribution < 1.29 is 75.8 Å². The molecule has 0 rings (SSSR count). The number of esters is 3. The van der Waals surface area contributed by atoms with Gasteiger partial charge in [-0.25, -0.2) is 9.13 Å². The lowest BCUT2D eigenvalue weighted by Crippen LogP contribution is -2.30. The van der Waals surface area contributed by atoms with E-state index >= 15 is 0 Å². The zero-order valence-electron chi connectivity index (χ0n) is 82.8. The number of carbonyl (C=O) groups excluding carboxylic acids is 3. The van der Waals surface area contributed by atoms with Crippen LogP contribution in [-0.2, 0) is 55.8 Å². The van der Waals surface area contributed by atoms with Crippen molar-refractivity contribution in [1.29, 1.82) is 0 Å². The Bertz CT molecular complexity index is 2920. The van der Waals surface area contributed by atoms with Crippen LogP contribution in [0.4, 0.5) is 0 Å². The van der Waals surface area contributed by atoms with Gasteiger partial charge in [0.15, 0.2) is 6.10 Å². The Kier molecular flexibility index (Phi) is 98.8. The van der Waals surface area contributed by atoms with E-state index in [4.69, 9.17) is 32.3 Å². The van der Waals surface area contributed by atoms with E-state index in [2.05, 4.69) is 167 Å². The Morgan fingerprint density at radius 3 is 0.612 bits per heavy atom. The highest BCUT2D eigenvalue weighted by atomic mass is 31.2. The number of allylic oxidation sites excluding steroid dienone is 24. The van der Waals surface area contributed by atoms with E-state index in [9.17, 15) is 43.5 Å². The molecule has 4 N–H and O–H groups in total. The number of ether oxygens (including phenoxy) is 3. The highest BCUT2D eigenvalue weighted by molar-refractivity contribution is 7.47. The third-order valence-electron chi connectivity index (χ3n) is 23.0. The first kappa shape index (κ1) is 124. The highest BCUT2D eigenvalue weighted by Gasteiger charge is 2.30. The molecule has 0 aliphatic carbocycles. The summed E-state index contributed by atoms with van der Waals surface area (Å²) in [6, 6.07) is 0. The molecule has 746 valence electrons. The van der Waals surface area contributed by atoms with Gasteiger partial charge in [-0.3, -0.25) is 32.5 Å². The Morgan fingerprint density at radius 2 is 0.388 bits per heavy atom. The number of phosphoric ester groups is 2. The number of aliphatic hydroxyl groups excluding tert-OH is 2. The monoisotopic (exact) mass is 1850 g/mol. The predicted octanol–water partition coefficient (Wildman–Crippen LogP) is 33.8. The van der Waals surface area contributed by atoms with Crippen LogP contribution in [0.2, 0.25) is 0 Å². The van der Waals surface area contributed by atoms with Gasteiger partial charge in [-0.2, -0.15) is 0 Å². The molecule has 0 aliphatic rings. The number of hydrogen-bond acceptors (Lipinski definition) is 14. The van der Waals surface area contributed by atoms with Gasteiger partial charge in [0.05, 0.1) is 26.4 Å². The Hall–Kier alpha value is -4.57. The Balaban J connectivity index is 4.55. The first-order valence-corrected chi connectivity index (χ1v) is 56.1. The molecule has 5 atom stereocenters. The van der Waals surface area contributed by atoms with Crippen molar-refractivity contribution in [3.8, 4) is 0 Å².